The number of amidine groups is 2. The van der Waals surface area contributed by atoms with Crippen molar-refractivity contribution in [3.63, 3.8) is 0 Å². The van der Waals surface area contributed by atoms with Gasteiger partial charge in [0.25, 0.3) is 5.91 Å². The van der Waals surface area contributed by atoms with E-state index in [2.05, 4.69) is 35.9 Å². The molecule has 4 heterocycles. The minimum Gasteiger partial charge on any atom is -0.505 e. The largest absolute Gasteiger partial charge is 0.505 e. The maximum Gasteiger partial charge on any atom is 0.345 e. The van der Waals surface area contributed by atoms with Gasteiger partial charge in [0.1, 0.15) is 23.4 Å². The highest BCUT2D eigenvalue weighted by Crippen LogP contribution is 2.24. The molecule has 3 N–H and O–H groups in total. The summed E-state index contributed by atoms with van der Waals surface area (Å²) in [5, 5.41) is 13.9. The fourth-order valence-electron chi connectivity index (χ4n) is 4.35. The summed E-state index contributed by atoms with van der Waals surface area (Å²) in [5.74, 6) is 1.17. The van der Waals surface area contributed by atoms with Crippen molar-refractivity contribution in [2.24, 2.45) is 9.39 Å². The fourth-order valence-corrected chi connectivity index (χ4v) is 5.16. The van der Waals surface area contributed by atoms with Gasteiger partial charge < -0.3 is 24.6 Å². The molecule has 0 aliphatic carbocycles. The molecule has 0 aromatic carbocycles. The van der Waals surface area contributed by atoms with Gasteiger partial charge in [-0.3, -0.25) is 9.79 Å². The van der Waals surface area contributed by atoms with Gasteiger partial charge in [0.2, 0.25) is 0 Å². The predicted octanol–water partition coefficient (Wildman–Crippen LogP) is 2.92. The molecule has 1 atom stereocenters. The molecule has 0 unspecified atom stereocenters. The summed E-state index contributed by atoms with van der Waals surface area (Å²) in [6.07, 6.45) is 5.04. The normalized spacial score (nSPS) is 19.5. The second-order valence-electron chi connectivity index (χ2n) is 9.13. The lowest BCUT2D eigenvalue weighted by Gasteiger charge is -2.35. The van der Waals surface area contributed by atoms with Crippen LogP contribution in [0.15, 0.2) is 86.1 Å². The van der Waals surface area contributed by atoms with Crippen molar-refractivity contribution >= 4 is 33.6 Å². The zero-order valence-electron chi connectivity index (χ0n) is 22.7. The number of aliphatic hydroxyl groups is 1. The molecule has 4 rings (SSSR count). The Morgan fingerprint density at radius 1 is 1.27 bits per heavy atom. The van der Waals surface area contributed by atoms with Crippen molar-refractivity contribution < 1.29 is 22.7 Å². The number of nitrogens with one attached hydrogen (secondary N) is 2. The van der Waals surface area contributed by atoms with E-state index in [1.54, 1.807) is 30.2 Å². The Morgan fingerprint density at radius 2 is 2.02 bits per heavy atom. The van der Waals surface area contributed by atoms with E-state index in [4.69, 9.17) is 4.42 Å². The molecule has 0 radical (unpaired) electrons. The minimum absolute atomic E-state index is 0.0303. The van der Waals surface area contributed by atoms with Crippen molar-refractivity contribution in [3.8, 4) is 0 Å². The molecule has 2 aromatic heterocycles. The van der Waals surface area contributed by atoms with Crippen LogP contribution in [0, 0.1) is 6.92 Å². The highest BCUT2D eigenvalue weighted by Gasteiger charge is 2.31. The Kier molecular flexibility index (Phi) is 8.73. The number of aryl methyl sites for hydroxylation is 1. The molecule has 0 bridgehead atoms. The summed E-state index contributed by atoms with van der Waals surface area (Å²) in [5.41, 5.74) is 0.0416. The molecular weight excluding hydrogens is 534 g/mol. The van der Waals surface area contributed by atoms with Crippen molar-refractivity contribution in [1.29, 1.82) is 0 Å². The first kappa shape index (κ1) is 28.6. The van der Waals surface area contributed by atoms with Gasteiger partial charge >= 0.3 is 10.2 Å². The van der Waals surface area contributed by atoms with E-state index in [0.29, 0.717) is 44.1 Å². The highest BCUT2D eigenvalue weighted by atomic mass is 32.2. The molecule has 1 amide bonds. The van der Waals surface area contributed by atoms with E-state index in [1.165, 1.54) is 12.2 Å². The number of nitrogens with zero attached hydrogens (tertiary/aromatic N) is 5. The van der Waals surface area contributed by atoms with Crippen molar-refractivity contribution in [2.75, 3.05) is 31.1 Å². The zero-order chi connectivity index (χ0) is 28.9. The van der Waals surface area contributed by atoms with Gasteiger partial charge in [-0.2, -0.15) is 8.42 Å². The molecule has 212 valence electrons. The smallest absolute Gasteiger partial charge is 0.345 e. The molecule has 2 aromatic rings. The number of aliphatic imine (C=N–C) groups is 1. The number of aliphatic hydroxyl groups excluding tert-OH is 1. The van der Waals surface area contributed by atoms with Crippen LogP contribution >= 0.6 is 0 Å². The SMILES string of the molecule is C=C/C(C(=O)N1CCN(c2ccccn2)CC1)=C(O)\C(=C/C)NC1=NS(=O)(=O)NC1=N[C@H](CC)c1ccc(C)o1. The average molecular weight is 568 g/mol. The van der Waals surface area contributed by atoms with Crippen LogP contribution in [0.1, 0.15) is 37.8 Å². The second kappa shape index (κ2) is 12.2. The standard InChI is InChI=1S/C27H33N7O5S/c1-5-19(27(36)34-16-14-33(15-17-34)23-10-8-9-13-28-23)24(35)21(7-3)30-26-25(31-40(37,38)32-26)29-20(6-2)22-12-11-18(4)39-22/h5,7-13,20,35H,1,6,14-17H2,2-4H3,(H,29,31)(H,30,32)/b21-7+,24-19-/t20-/m1/s1. The van der Waals surface area contributed by atoms with Crippen LogP contribution in [0.2, 0.25) is 0 Å². The van der Waals surface area contributed by atoms with E-state index >= 15 is 0 Å². The van der Waals surface area contributed by atoms with E-state index in [9.17, 15) is 18.3 Å². The third kappa shape index (κ3) is 6.42. The molecule has 0 saturated carbocycles. The molecule has 0 spiro atoms. The molecule has 12 nitrogen and oxygen atoms in total. The lowest BCUT2D eigenvalue weighted by atomic mass is 10.1. The molecular formula is C27H33N7O5S. The van der Waals surface area contributed by atoms with Crippen molar-refractivity contribution in [3.05, 3.63) is 83.8 Å². The Morgan fingerprint density at radius 3 is 2.60 bits per heavy atom. The summed E-state index contributed by atoms with van der Waals surface area (Å²) >= 11 is 0. The quantitative estimate of drug-likeness (QED) is 0.250. The van der Waals surface area contributed by atoms with Crippen molar-refractivity contribution in [2.45, 2.75) is 33.2 Å². The summed E-state index contributed by atoms with van der Waals surface area (Å²) in [4.78, 5) is 25.9. The van der Waals surface area contributed by atoms with Crippen LogP contribution in [-0.2, 0) is 15.0 Å². The number of rotatable bonds is 8. The molecule has 2 aliphatic rings. The Labute approximate surface area is 233 Å². The molecule has 1 saturated heterocycles. The topological polar surface area (TPSA) is 153 Å². The molecule has 13 heteroatoms. The molecule has 1 fully saturated rings. The number of furan rings is 1. The monoisotopic (exact) mass is 567 g/mol. The van der Waals surface area contributed by atoms with Crippen LogP contribution in [0.3, 0.4) is 0 Å². The van der Waals surface area contributed by atoms with E-state index in [0.717, 1.165) is 5.82 Å². The number of pyridine rings is 1. The predicted molar refractivity (Wildman–Crippen MR) is 153 cm³/mol. The van der Waals surface area contributed by atoms with Gasteiger partial charge in [-0.15, -0.1) is 4.40 Å². The van der Waals surface area contributed by atoms with Crippen LogP contribution in [0.25, 0.3) is 0 Å². The van der Waals surface area contributed by atoms with Gasteiger partial charge in [-0.05, 0) is 44.5 Å². The third-order valence-corrected chi connectivity index (χ3v) is 7.32. The Hall–Kier alpha value is -4.39. The second-order valence-corrected chi connectivity index (χ2v) is 10.5. The van der Waals surface area contributed by atoms with E-state index in [1.807, 2.05) is 32.0 Å². The Bertz CT molecular complexity index is 1480. The number of piperazine rings is 1. The number of carbonyl (C=O) groups is 1. The first-order valence-electron chi connectivity index (χ1n) is 12.9. The number of amides is 1. The maximum atomic E-state index is 13.4. The van der Waals surface area contributed by atoms with E-state index in [-0.39, 0.29) is 22.9 Å². The number of hydrogen-bond acceptors (Lipinski definition) is 9. The third-order valence-electron chi connectivity index (χ3n) is 6.45. The molecule has 40 heavy (non-hydrogen) atoms. The van der Waals surface area contributed by atoms with Crippen LogP contribution < -0.4 is 14.9 Å². The summed E-state index contributed by atoms with van der Waals surface area (Å²) < 4.78 is 36.3. The van der Waals surface area contributed by atoms with Crippen LogP contribution in [0.4, 0.5) is 5.82 Å². The summed E-state index contributed by atoms with van der Waals surface area (Å²) in [6, 6.07) is 8.79. The first-order valence-corrected chi connectivity index (χ1v) is 14.3. The summed E-state index contributed by atoms with van der Waals surface area (Å²) in [7, 11) is -4.06. The lowest BCUT2D eigenvalue weighted by Crippen LogP contribution is -2.49. The minimum atomic E-state index is -4.06. The maximum absolute atomic E-state index is 13.4. The van der Waals surface area contributed by atoms with Gasteiger partial charge in [-0.1, -0.05) is 31.7 Å². The zero-order valence-corrected chi connectivity index (χ0v) is 23.5. The fraction of sp³-hybridized carbons (Fsp3) is 0.333. The van der Waals surface area contributed by atoms with Gasteiger partial charge in [0.15, 0.2) is 17.4 Å². The van der Waals surface area contributed by atoms with Crippen molar-refractivity contribution in [1.82, 2.24) is 19.9 Å². The van der Waals surface area contributed by atoms with E-state index < -0.39 is 27.9 Å². The van der Waals surface area contributed by atoms with Gasteiger partial charge in [0.05, 0.1) is 11.3 Å². The number of hydrogen-bond donors (Lipinski definition) is 3. The lowest BCUT2D eigenvalue weighted by molar-refractivity contribution is -0.127. The number of carbonyl (C=O) groups excluding carboxylic acids is 1. The molecule has 2 aliphatic heterocycles. The number of anilines is 1. The number of aromatic nitrogens is 1. The highest BCUT2D eigenvalue weighted by molar-refractivity contribution is 7.89. The van der Waals surface area contributed by atoms with Gasteiger partial charge in [0, 0.05) is 32.4 Å². The summed E-state index contributed by atoms with van der Waals surface area (Å²) in [6.45, 7) is 11.1. The van der Waals surface area contributed by atoms with Gasteiger partial charge in [-0.25, -0.2) is 9.71 Å². The van der Waals surface area contributed by atoms with Crippen LogP contribution in [0.5, 0.6) is 0 Å². The Balaban J connectivity index is 1.53. The average Bonchev–Trinajstić information content (AvgIpc) is 3.52. The number of allylic oxidation sites excluding steroid dienone is 1. The first-order chi connectivity index (χ1) is 19.2. The van der Waals surface area contributed by atoms with Crippen LogP contribution in [-0.4, -0.2) is 67.2 Å².